The molecule has 0 saturated carbocycles. The minimum Gasteiger partial charge on any atom is -0.411 e. The Bertz CT molecular complexity index is 598. The van der Waals surface area contributed by atoms with E-state index in [9.17, 15) is 4.79 Å². The summed E-state index contributed by atoms with van der Waals surface area (Å²) < 4.78 is 7.31. The predicted octanol–water partition coefficient (Wildman–Crippen LogP) is 2.66. The first-order chi connectivity index (χ1) is 9.40. The lowest BCUT2D eigenvalue weighted by molar-refractivity contribution is -0.123. The minimum absolute atomic E-state index is 0.154. The Morgan fingerprint density at radius 1 is 1.40 bits per heavy atom. The van der Waals surface area contributed by atoms with Crippen LogP contribution in [-0.4, -0.2) is 31.5 Å². The number of hydrogen-bond acceptors (Lipinski definition) is 6. The fourth-order valence-corrected chi connectivity index (χ4v) is 2.30. The van der Waals surface area contributed by atoms with Crippen molar-refractivity contribution in [3.63, 3.8) is 0 Å². The summed E-state index contributed by atoms with van der Waals surface area (Å²) in [5.41, 5.74) is 0.436. The molecule has 2 aromatic heterocycles. The summed E-state index contributed by atoms with van der Waals surface area (Å²) >= 11 is 1.27. The van der Waals surface area contributed by atoms with Crippen molar-refractivity contribution in [2.75, 3.05) is 5.75 Å². The Morgan fingerprint density at radius 3 is 2.75 bits per heavy atom. The fourth-order valence-electron chi connectivity index (χ4n) is 1.38. The van der Waals surface area contributed by atoms with Crippen LogP contribution in [0.3, 0.4) is 0 Å². The quantitative estimate of drug-likeness (QED) is 0.789. The lowest BCUT2D eigenvalue weighted by atomic mass is 9.92. The summed E-state index contributed by atoms with van der Waals surface area (Å²) in [7, 11) is 0. The van der Waals surface area contributed by atoms with Crippen LogP contribution < -0.4 is 0 Å². The smallest absolute Gasteiger partial charge is 0.277 e. The standard InChI is InChI=1S/C13H18N4O2S/c1-5-17-7-9(6-14-17)11-15-16-12(19-11)20-8-10(18)13(2,3)4/h6-7H,5,8H2,1-4H3. The molecule has 0 unspecified atom stereocenters. The summed E-state index contributed by atoms with van der Waals surface area (Å²) in [5.74, 6) is 0.913. The lowest BCUT2D eigenvalue weighted by Gasteiger charge is -2.14. The van der Waals surface area contributed by atoms with Gasteiger partial charge in [0.2, 0.25) is 0 Å². The third-order valence-corrected chi connectivity index (χ3v) is 3.59. The van der Waals surface area contributed by atoms with E-state index in [0.29, 0.717) is 16.9 Å². The van der Waals surface area contributed by atoms with E-state index in [2.05, 4.69) is 15.3 Å². The van der Waals surface area contributed by atoms with Crippen LogP contribution >= 0.6 is 11.8 Å². The van der Waals surface area contributed by atoms with Crippen LogP contribution in [0.5, 0.6) is 0 Å². The molecule has 0 N–H and O–H groups in total. The number of aromatic nitrogens is 4. The monoisotopic (exact) mass is 294 g/mol. The highest BCUT2D eigenvalue weighted by Gasteiger charge is 2.22. The summed E-state index contributed by atoms with van der Waals surface area (Å²) in [6.07, 6.45) is 3.54. The lowest BCUT2D eigenvalue weighted by Crippen LogP contribution is -2.21. The van der Waals surface area contributed by atoms with Crippen LogP contribution in [0.2, 0.25) is 0 Å². The second kappa shape index (κ2) is 5.78. The van der Waals surface area contributed by atoms with E-state index in [4.69, 9.17) is 4.42 Å². The molecule has 0 aliphatic heterocycles. The molecular weight excluding hydrogens is 276 g/mol. The Kier molecular flexibility index (Phi) is 4.27. The van der Waals surface area contributed by atoms with Crippen molar-refractivity contribution < 1.29 is 9.21 Å². The molecule has 20 heavy (non-hydrogen) atoms. The van der Waals surface area contributed by atoms with Crippen LogP contribution in [0.25, 0.3) is 11.5 Å². The topological polar surface area (TPSA) is 73.8 Å². The van der Waals surface area contributed by atoms with Crippen molar-refractivity contribution >= 4 is 17.5 Å². The second-order valence-corrected chi connectivity index (χ2v) is 6.35. The number of carbonyl (C=O) groups is 1. The van der Waals surface area contributed by atoms with Gasteiger partial charge in [-0.15, -0.1) is 10.2 Å². The number of ketones is 1. The molecule has 0 amide bonds. The number of Topliss-reactive ketones (excluding diaryl/α,β-unsaturated/α-hetero) is 1. The molecule has 0 radical (unpaired) electrons. The molecule has 6 nitrogen and oxygen atoms in total. The zero-order valence-electron chi connectivity index (χ0n) is 12.1. The van der Waals surface area contributed by atoms with Crippen LogP contribution in [0.15, 0.2) is 22.0 Å². The van der Waals surface area contributed by atoms with E-state index < -0.39 is 0 Å². The molecule has 0 saturated heterocycles. The summed E-state index contributed by atoms with van der Waals surface area (Å²) in [6.45, 7) is 8.48. The largest absolute Gasteiger partial charge is 0.411 e. The maximum absolute atomic E-state index is 11.8. The van der Waals surface area contributed by atoms with E-state index in [1.807, 2.05) is 33.9 Å². The van der Waals surface area contributed by atoms with Crippen molar-refractivity contribution in [1.82, 2.24) is 20.0 Å². The van der Waals surface area contributed by atoms with E-state index in [1.165, 1.54) is 11.8 Å². The van der Waals surface area contributed by atoms with E-state index in [-0.39, 0.29) is 11.2 Å². The highest BCUT2D eigenvalue weighted by Crippen LogP contribution is 2.25. The molecule has 2 aromatic rings. The SMILES string of the molecule is CCn1cc(-c2nnc(SCC(=O)C(C)(C)C)o2)cn1. The number of carbonyl (C=O) groups excluding carboxylic acids is 1. The minimum atomic E-state index is -0.349. The van der Waals surface area contributed by atoms with Gasteiger partial charge in [0.05, 0.1) is 17.5 Å². The van der Waals surface area contributed by atoms with Gasteiger partial charge in [-0.3, -0.25) is 9.48 Å². The van der Waals surface area contributed by atoms with E-state index in [1.54, 1.807) is 10.9 Å². The average molecular weight is 294 g/mol. The summed E-state index contributed by atoms with van der Waals surface area (Å²) in [4.78, 5) is 11.8. The fraction of sp³-hybridized carbons (Fsp3) is 0.538. The van der Waals surface area contributed by atoms with Crippen LogP contribution in [0, 0.1) is 5.41 Å². The van der Waals surface area contributed by atoms with Gasteiger partial charge in [-0.25, -0.2) is 0 Å². The maximum atomic E-state index is 11.8. The van der Waals surface area contributed by atoms with Crippen LogP contribution in [-0.2, 0) is 11.3 Å². The Balaban J connectivity index is 2.01. The number of thioether (sulfide) groups is 1. The van der Waals surface area contributed by atoms with Gasteiger partial charge >= 0.3 is 0 Å². The van der Waals surface area contributed by atoms with E-state index >= 15 is 0 Å². The highest BCUT2D eigenvalue weighted by molar-refractivity contribution is 7.99. The molecule has 0 fully saturated rings. The van der Waals surface area contributed by atoms with Crippen LogP contribution in [0.4, 0.5) is 0 Å². The Morgan fingerprint density at radius 2 is 2.15 bits per heavy atom. The number of hydrogen-bond donors (Lipinski definition) is 0. The van der Waals surface area contributed by atoms with Crippen molar-refractivity contribution in [3.05, 3.63) is 12.4 Å². The first kappa shape index (κ1) is 14.8. The average Bonchev–Trinajstić information content (AvgIpc) is 3.03. The number of nitrogens with zero attached hydrogens (tertiary/aromatic N) is 4. The predicted molar refractivity (Wildman–Crippen MR) is 76.4 cm³/mol. The zero-order chi connectivity index (χ0) is 14.8. The molecule has 0 aliphatic carbocycles. The number of aryl methyl sites for hydroxylation is 1. The molecular formula is C13H18N4O2S. The van der Waals surface area contributed by atoms with Crippen molar-refractivity contribution in [2.24, 2.45) is 5.41 Å². The first-order valence-corrected chi connectivity index (χ1v) is 7.41. The molecule has 2 heterocycles. The van der Waals surface area contributed by atoms with Crippen molar-refractivity contribution in [3.8, 4) is 11.5 Å². The maximum Gasteiger partial charge on any atom is 0.277 e. The van der Waals surface area contributed by atoms with Crippen molar-refractivity contribution in [2.45, 2.75) is 39.5 Å². The normalized spacial score (nSPS) is 11.8. The molecule has 0 spiro atoms. The summed E-state index contributed by atoms with van der Waals surface area (Å²) in [5, 5.41) is 12.5. The summed E-state index contributed by atoms with van der Waals surface area (Å²) in [6, 6.07) is 0. The van der Waals surface area contributed by atoms with Gasteiger partial charge in [-0.05, 0) is 6.92 Å². The van der Waals surface area contributed by atoms with Gasteiger partial charge in [0.25, 0.3) is 11.1 Å². The highest BCUT2D eigenvalue weighted by atomic mass is 32.2. The third-order valence-electron chi connectivity index (χ3n) is 2.77. The molecule has 108 valence electrons. The first-order valence-electron chi connectivity index (χ1n) is 6.42. The molecule has 0 bridgehead atoms. The Hall–Kier alpha value is -1.63. The van der Waals surface area contributed by atoms with Gasteiger partial charge in [-0.1, -0.05) is 32.5 Å². The second-order valence-electron chi connectivity index (χ2n) is 5.42. The van der Waals surface area contributed by atoms with E-state index in [0.717, 1.165) is 12.1 Å². The van der Waals surface area contributed by atoms with Crippen LogP contribution in [0.1, 0.15) is 27.7 Å². The molecule has 2 rings (SSSR count). The molecule has 0 atom stereocenters. The molecule has 0 aliphatic rings. The van der Waals surface area contributed by atoms with Gasteiger partial charge in [0.1, 0.15) is 5.78 Å². The van der Waals surface area contributed by atoms with Gasteiger partial charge < -0.3 is 4.42 Å². The molecule has 0 aromatic carbocycles. The molecule has 7 heteroatoms. The third kappa shape index (κ3) is 3.47. The van der Waals surface area contributed by atoms with Crippen molar-refractivity contribution in [1.29, 1.82) is 0 Å². The van der Waals surface area contributed by atoms with Gasteiger partial charge in [0.15, 0.2) is 0 Å². The number of rotatable bonds is 5. The zero-order valence-corrected chi connectivity index (χ0v) is 12.9. The van der Waals surface area contributed by atoms with Gasteiger partial charge in [-0.2, -0.15) is 5.10 Å². The van der Waals surface area contributed by atoms with Gasteiger partial charge in [0, 0.05) is 18.2 Å². The Labute approximate surface area is 122 Å².